The van der Waals surface area contributed by atoms with E-state index in [1.54, 1.807) is 0 Å². The summed E-state index contributed by atoms with van der Waals surface area (Å²) in [6.07, 6.45) is 0. The Kier molecular flexibility index (Phi) is 18.7. The number of hydrogen-bond acceptors (Lipinski definition) is 8. The summed E-state index contributed by atoms with van der Waals surface area (Å²) in [4.78, 5) is 29.7. The van der Waals surface area contributed by atoms with Crippen LogP contribution in [0.5, 0.6) is 0 Å². The molecular formula is C126H78N10O2. The topological polar surface area (TPSA) is 123 Å². The van der Waals surface area contributed by atoms with Gasteiger partial charge in [-0.2, -0.15) is 0 Å². The molecule has 0 aliphatic carbocycles. The van der Waals surface area contributed by atoms with E-state index in [1.807, 2.05) is 146 Å². The van der Waals surface area contributed by atoms with Crippen LogP contribution >= 0.6 is 0 Å². The van der Waals surface area contributed by atoms with Gasteiger partial charge in [-0.25, -0.2) is 29.9 Å². The second-order valence-corrected chi connectivity index (χ2v) is 35.2. The summed E-state index contributed by atoms with van der Waals surface area (Å²) >= 11 is 0. The smallest absolute Gasteiger partial charge is 0.164 e. The molecule has 8 heterocycles. The van der Waals surface area contributed by atoms with E-state index in [0.717, 1.165) is 183 Å². The standard InChI is InChI=1S/2C63H39N5O/c1-3-14-42(15-4-1)61-64-62(43-16-5-2-6-17-43)66-63(65-61)44-28-26-40(27-29-44)41-30-33-46(34-31-41)67-55-23-10-8-19-50(55)54-39-47(35-37-58(54)67)68-56-24-11-7-18-49(56)53-38-45(32-36-57(53)68)48-21-13-22-52-51-20-9-12-25-59(51)69-60(48)52;1-3-16-40(17-4-1)61-64-62(41-18-5-2-6-19-41)66-63(65-61)45-22-13-20-42(36-45)43-21-14-23-46(37-43)67-56-30-11-8-25-50(56)54-39-47(33-35-58(54)67)68-55-29-10-7-24-49(55)53-38-44(32-34-57(53)68)48-27-15-28-52-51-26-9-12-31-59(51)69-60(48)52/h2*1-39H. The first-order valence-electron chi connectivity index (χ1n) is 46.5. The molecule has 644 valence electrons. The zero-order valence-corrected chi connectivity index (χ0v) is 74.3. The average molecular weight is 1760 g/mol. The predicted octanol–water partition coefficient (Wildman–Crippen LogP) is 32.6. The third-order valence-corrected chi connectivity index (χ3v) is 27.2. The minimum absolute atomic E-state index is 0.628. The maximum absolute atomic E-state index is 6.49. The lowest BCUT2D eigenvalue weighted by Crippen LogP contribution is -2.00. The number of para-hydroxylation sites is 8. The molecule has 0 aliphatic rings. The van der Waals surface area contributed by atoms with E-state index in [9.17, 15) is 0 Å². The Bertz CT molecular complexity index is 9600. The second-order valence-electron chi connectivity index (χ2n) is 35.2. The maximum Gasteiger partial charge on any atom is 0.164 e. The van der Waals surface area contributed by atoms with Gasteiger partial charge < -0.3 is 27.1 Å². The van der Waals surface area contributed by atoms with Gasteiger partial charge in [-0.05, 0) is 161 Å². The largest absolute Gasteiger partial charge is 0.455 e. The van der Waals surface area contributed by atoms with Gasteiger partial charge in [0.25, 0.3) is 0 Å². The van der Waals surface area contributed by atoms with Crippen molar-refractivity contribution in [1.82, 2.24) is 48.2 Å². The van der Waals surface area contributed by atoms with Crippen molar-refractivity contribution in [3.05, 3.63) is 473 Å². The number of nitrogens with zero attached hydrogens (tertiary/aromatic N) is 10. The molecule has 0 amide bonds. The average Bonchev–Trinajstić information content (AvgIpc) is 1.57. The van der Waals surface area contributed by atoms with Crippen LogP contribution in [0.4, 0.5) is 0 Å². The molecule has 0 aliphatic heterocycles. The van der Waals surface area contributed by atoms with Gasteiger partial charge in [-0.3, -0.25) is 0 Å². The molecule has 28 aromatic rings. The first kappa shape index (κ1) is 79.0. The summed E-state index contributed by atoms with van der Waals surface area (Å²) in [5.41, 5.74) is 31.8. The van der Waals surface area contributed by atoms with Gasteiger partial charge in [0, 0.05) is 132 Å². The lowest BCUT2D eigenvalue weighted by atomic mass is 10.0. The van der Waals surface area contributed by atoms with Gasteiger partial charge in [0.15, 0.2) is 34.9 Å². The SMILES string of the molecule is c1ccc(-c2nc(-c3ccccc3)nc(-c3ccc(-c4ccc(-n5c6ccccc6c6cc(-n7c8ccccc8c8cc(-c9cccc%10c9oc9ccccc9%10)ccc87)ccc65)cc4)cc3)n2)cc1.c1ccc(-c2nc(-c3ccccc3)nc(-c3cccc(-c4cccc(-n5c6ccccc6c6cc(-n7c8ccccc8c8cc(-c9cccc%10c9oc9ccccc9%10)ccc87)ccc65)c4)c3)n2)cc1. The highest BCUT2D eigenvalue weighted by Gasteiger charge is 2.25. The van der Waals surface area contributed by atoms with Gasteiger partial charge in [-0.1, -0.05) is 346 Å². The van der Waals surface area contributed by atoms with Crippen LogP contribution in [0.2, 0.25) is 0 Å². The highest BCUT2D eigenvalue weighted by atomic mass is 16.3. The normalized spacial score (nSPS) is 11.8. The summed E-state index contributed by atoms with van der Waals surface area (Å²) in [6.45, 7) is 0. The third-order valence-electron chi connectivity index (χ3n) is 27.2. The Morgan fingerprint density at radius 1 is 0.138 bits per heavy atom. The van der Waals surface area contributed by atoms with Crippen LogP contribution in [0.25, 0.3) is 267 Å². The van der Waals surface area contributed by atoms with Crippen LogP contribution in [0.1, 0.15) is 0 Å². The van der Waals surface area contributed by atoms with Crippen molar-refractivity contribution in [2.24, 2.45) is 0 Å². The molecular weight excluding hydrogens is 1690 g/mol. The molecule has 0 saturated carbocycles. The minimum atomic E-state index is 0.628. The monoisotopic (exact) mass is 1760 g/mol. The number of furan rings is 2. The molecule has 28 rings (SSSR count). The summed E-state index contributed by atoms with van der Waals surface area (Å²) < 4.78 is 22.6. The fraction of sp³-hybridized carbons (Fsp3) is 0. The van der Waals surface area contributed by atoms with Gasteiger partial charge >= 0.3 is 0 Å². The zero-order valence-electron chi connectivity index (χ0n) is 74.3. The third kappa shape index (κ3) is 13.4. The summed E-state index contributed by atoms with van der Waals surface area (Å²) in [5, 5.41) is 14.1. The van der Waals surface area contributed by atoms with E-state index in [0.29, 0.717) is 34.9 Å². The molecule has 20 aromatic carbocycles. The maximum atomic E-state index is 6.49. The van der Waals surface area contributed by atoms with Crippen LogP contribution in [0.3, 0.4) is 0 Å². The Morgan fingerprint density at radius 3 is 0.797 bits per heavy atom. The molecule has 0 spiro atoms. The van der Waals surface area contributed by atoms with E-state index in [2.05, 4.69) is 346 Å². The van der Waals surface area contributed by atoms with Gasteiger partial charge in [0.2, 0.25) is 0 Å². The molecule has 0 N–H and O–H groups in total. The molecule has 12 heteroatoms. The lowest BCUT2D eigenvalue weighted by molar-refractivity contribution is 0.669. The van der Waals surface area contributed by atoms with Crippen LogP contribution in [-0.4, -0.2) is 48.2 Å². The number of hydrogen-bond donors (Lipinski definition) is 0. The quantitative estimate of drug-likeness (QED) is 0.105. The Morgan fingerprint density at radius 2 is 0.391 bits per heavy atom. The summed E-state index contributed by atoms with van der Waals surface area (Å²) in [7, 11) is 0. The molecule has 138 heavy (non-hydrogen) atoms. The number of fused-ring (bicyclic) bond motifs is 18. The van der Waals surface area contributed by atoms with E-state index < -0.39 is 0 Å². The Hall–Kier alpha value is -18.8. The van der Waals surface area contributed by atoms with Crippen LogP contribution < -0.4 is 0 Å². The molecule has 12 nitrogen and oxygen atoms in total. The van der Waals surface area contributed by atoms with Crippen molar-refractivity contribution in [3.8, 4) is 136 Å². The number of benzene rings is 20. The van der Waals surface area contributed by atoms with E-state index in [1.165, 1.54) is 48.6 Å². The lowest BCUT2D eigenvalue weighted by Gasteiger charge is -2.12. The fourth-order valence-corrected chi connectivity index (χ4v) is 20.7. The molecule has 0 bridgehead atoms. The van der Waals surface area contributed by atoms with Gasteiger partial charge in [0.05, 0.1) is 44.1 Å². The minimum Gasteiger partial charge on any atom is -0.455 e. The molecule has 0 radical (unpaired) electrons. The number of rotatable bonds is 14. The first-order chi connectivity index (χ1) is 68.4. The fourth-order valence-electron chi connectivity index (χ4n) is 20.7. The van der Waals surface area contributed by atoms with Crippen LogP contribution in [0.15, 0.2) is 482 Å². The molecule has 0 atom stereocenters. The van der Waals surface area contributed by atoms with E-state index in [4.69, 9.17) is 38.7 Å². The number of aromatic nitrogens is 10. The summed E-state index contributed by atoms with van der Waals surface area (Å²) in [5.74, 6) is 3.84. The van der Waals surface area contributed by atoms with Crippen molar-refractivity contribution in [1.29, 1.82) is 0 Å². The van der Waals surface area contributed by atoms with E-state index in [-0.39, 0.29) is 0 Å². The molecule has 0 fully saturated rings. The van der Waals surface area contributed by atoms with Gasteiger partial charge in [-0.15, -0.1) is 0 Å². The highest BCUT2D eigenvalue weighted by Crippen LogP contribution is 2.46. The second kappa shape index (κ2) is 32.6. The molecule has 0 unspecified atom stereocenters. The Labute approximate surface area is 791 Å². The molecule has 8 aromatic heterocycles. The van der Waals surface area contributed by atoms with Crippen LogP contribution in [0, 0.1) is 0 Å². The van der Waals surface area contributed by atoms with Crippen molar-refractivity contribution in [2.75, 3.05) is 0 Å². The zero-order chi connectivity index (χ0) is 90.8. The van der Waals surface area contributed by atoms with Crippen molar-refractivity contribution in [3.63, 3.8) is 0 Å². The first-order valence-corrected chi connectivity index (χ1v) is 46.5. The van der Waals surface area contributed by atoms with Crippen molar-refractivity contribution >= 4 is 131 Å². The van der Waals surface area contributed by atoms with Crippen molar-refractivity contribution < 1.29 is 8.83 Å². The highest BCUT2D eigenvalue weighted by molar-refractivity contribution is 6.18. The van der Waals surface area contributed by atoms with Gasteiger partial charge in [0.1, 0.15) is 22.3 Å². The van der Waals surface area contributed by atoms with E-state index >= 15 is 0 Å². The van der Waals surface area contributed by atoms with Crippen molar-refractivity contribution in [2.45, 2.75) is 0 Å². The molecule has 0 saturated heterocycles. The summed E-state index contributed by atoms with van der Waals surface area (Å²) in [6, 6.07) is 167. The Balaban J connectivity index is 0.000000139. The van der Waals surface area contributed by atoms with Crippen LogP contribution in [-0.2, 0) is 0 Å². The predicted molar refractivity (Wildman–Crippen MR) is 566 cm³/mol.